The minimum Gasteiger partial charge on any atom is -0.478 e. The molecular formula is C14H16N2O3. The highest BCUT2D eigenvalue weighted by molar-refractivity contribution is 5.92. The predicted molar refractivity (Wildman–Crippen MR) is 70.0 cm³/mol. The third-order valence-corrected chi connectivity index (χ3v) is 3.84. The molecule has 19 heavy (non-hydrogen) atoms. The molecule has 1 aromatic carbocycles. The standard InChI is InChI=1S/C14H16N2O3/c17-11-3-1-9(5-11)7-16-8-15-12-6-10(14(18)19)2-4-13(12)16/h2,4,6,8-9,11,17H,1,3,5,7H2,(H,18,19). The van der Waals surface area contributed by atoms with Crippen LogP contribution < -0.4 is 0 Å². The SMILES string of the molecule is O=C(O)c1ccc2c(c1)ncn2CC1CCC(O)C1. The van der Waals surface area contributed by atoms with Crippen molar-refractivity contribution in [2.24, 2.45) is 5.92 Å². The lowest BCUT2D eigenvalue weighted by Crippen LogP contribution is -2.08. The highest BCUT2D eigenvalue weighted by Crippen LogP contribution is 2.28. The normalized spacial score (nSPS) is 23.0. The first-order chi connectivity index (χ1) is 9.13. The number of carbonyl (C=O) groups is 1. The number of aromatic nitrogens is 2. The molecule has 2 atom stereocenters. The summed E-state index contributed by atoms with van der Waals surface area (Å²) < 4.78 is 2.05. The summed E-state index contributed by atoms with van der Waals surface area (Å²) >= 11 is 0. The summed E-state index contributed by atoms with van der Waals surface area (Å²) in [6.45, 7) is 0.833. The summed E-state index contributed by atoms with van der Waals surface area (Å²) in [5.74, 6) is -0.457. The fourth-order valence-corrected chi connectivity index (χ4v) is 2.83. The summed E-state index contributed by atoms with van der Waals surface area (Å²) in [6, 6.07) is 5.00. The zero-order valence-electron chi connectivity index (χ0n) is 10.5. The lowest BCUT2D eigenvalue weighted by molar-refractivity contribution is 0.0697. The molecule has 1 saturated carbocycles. The van der Waals surface area contributed by atoms with Crippen LogP contribution in [0.2, 0.25) is 0 Å². The molecule has 5 nitrogen and oxygen atoms in total. The van der Waals surface area contributed by atoms with E-state index < -0.39 is 5.97 Å². The maximum atomic E-state index is 10.9. The minimum absolute atomic E-state index is 0.168. The molecule has 0 saturated heterocycles. The molecule has 100 valence electrons. The number of carboxylic acids is 1. The highest BCUT2D eigenvalue weighted by Gasteiger charge is 2.23. The predicted octanol–water partition coefficient (Wildman–Crippen LogP) is 1.90. The zero-order valence-corrected chi connectivity index (χ0v) is 10.5. The fourth-order valence-electron chi connectivity index (χ4n) is 2.83. The van der Waals surface area contributed by atoms with Gasteiger partial charge in [-0.05, 0) is 43.4 Å². The average molecular weight is 260 g/mol. The first kappa shape index (κ1) is 12.2. The largest absolute Gasteiger partial charge is 0.478 e. The molecule has 0 aliphatic heterocycles. The van der Waals surface area contributed by atoms with Crippen LogP contribution in [0.25, 0.3) is 11.0 Å². The van der Waals surface area contributed by atoms with Crippen molar-refractivity contribution in [2.75, 3.05) is 0 Å². The molecule has 2 N–H and O–H groups in total. The number of hydrogen-bond acceptors (Lipinski definition) is 3. The maximum Gasteiger partial charge on any atom is 0.335 e. The third kappa shape index (κ3) is 2.33. The van der Waals surface area contributed by atoms with E-state index in [1.165, 1.54) is 0 Å². The Bertz CT molecular complexity index is 620. The number of aliphatic hydroxyl groups excluding tert-OH is 1. The number of imidazole rings is 1. The monoisotopic (exact) mass is 260 g/mol. The van der Waals surface area contributed by atoms with Crippen molar-refractivity contribution in [3.63, 3.8) is 0 Å². The average Bonchev–Trinajstić information content (AvgIpc) is 2.96. The Hall–Kier alpha value is -1.88. The Morgan fingerprint density at radius 2 is 2.26 bits per heavy atom. The number of fused-ring (bicyclic) bond motifs is 1. The van der Waals surface area contributed by atoms with Gasteiger partial charge in [0.25, 0.3) is 0 Å². The van der Waals surface area contributed by atoms with Gasteiger partial charge >= 0.3 is 5.97 Å². The summed E-state index contributed by atoms with van der Waals surface area (Å²) in [6.07, 6.45) is 4.33. The van der Waals surface area contributed by atoms with Crippen LogP contribution in [0.3, 0.4) is 0 Å². The van der Waals surface area contributed by atoms with Crippen molar-refractivity contribution >= 4 is 17.0 Å². The van der Waals surface area contributed by atoms with Crippen molar-refractivity contribution in [3.05, 3.63) is 30.1 Å². The highest BCUT2D eigenvalue weighted by atomic mass is 16.4. The zero-order chi connectivity index (χ0) is 13.4. The molecule has 3 rings (SSSR count). The molecule has 1 fully saturated rings. The number of carboxylic acid groups (broad SMARTS) is 1. The van der Waals surface area contributed by atoms with Gasteiger partial charge in [-0.3, -0.25) is 0 Å². The van der Waals surface area contributed by atoms with Crippen molar-refractivity contribution < 1.29 is 15.0 Å². The minimum atomic E-state index is -0.935. The van der Waals surface area contributed by atoms with E-state index >= 15 is 0 Å². The van der Waals surface area contributed by atoms with Crippen LogP contribution in [-0.2, 0) is 6.54 Å². The van der Waals surface area contributed by atoms with Crippen molar-refractivity contribution in [3.8, 4) is 0 Å². The smallest absolute Gasteiger partial charge is 0.335 e. The van der Waals surface area contributed by atoms with Crippen LogP contribution in [0.5, 0.6) is 0 Å². The van der Waals surface area contributed by atoms with Gasteiger partial charge in [0.15, 0.2) is 0 Å². The Balaban J connectivity index is 1.86. The number of hydrogen-bond donors (Lipinski definition) is 2. The van der Waals surface area contributed by atoms with E-state index in [2.05, 4.69) is 4.98 Å². The first-order valence-corrected chi connectivity index (χ1v) is 6.50. The first-order valence-electron chi connectivity index (χ1n) is 6.50. The van der Waals surface area contributed by atoms with E-state index in [9.17, 15) is 9.90 Å². The van der Waals surface area contributed by atoms with Gasteiger partial charge < -0.3 is 14.8 Å². The van der Waals surface area contributed by atoms with E-state index in [0.717, 1.165) is 31.3 Å². The molecule has 0 amide bonds. The van der Waals surface area contributed by atoms with Crippen LogP contribution in [0.1, 0.15) is 29.6 Å². The Morgan fingerprint density at radius 3 is 2.95 bits per heavy atom. The molecule has 1 heterocycles. The van der Waals surface area contributed by atoms with Gasteiger partial charge in [0.05, 0.1) is 29.0 Å². The molecule has 5 heteroatoms. The summed E-state index contributed by atoms with van der Waals surface area (Å²) in [4.78, 5) is 15.2. The molecular weight excluding hydrogens is 244 g/mol. The van der Waals surface area contributed by atoms with E-state index in [4.69, 9.17) is 5.11 Å². The van der Waals surface area contributed by atoms with E-state index in [-0.39, 0.29) is 11.7 Å². The summed E-state index contributed by atoms with van der Waals surface area (Å²) in [5, 5.41) is 18.5. The van der Waals surface area contributed by atoms with Gasteiger partial charge in [0.2, 0.25) is 0 Å². The van der Waals surface area contributed by atoms with Gasteiger partial charge in [-0.25, -0.2) is 9.78 Å². The number of aliphatic hydroxyl groups is 1. The quantitative estimate of drug-likeness (QED) is 0.883. The van der Waals surface area contributed by atoms with Crippen LogP contribution in [-0.4, -0.2) is 31.8 Å². The molecule has 0 bridgehead atoms. The molecule has 1 aromatic heterocycles. The summed E-state index contributed by atoms with van der Waals surface area (Å²) in [5.41, 5.74) is 1.92. The van der Waals surface area contributed by atoms with Crippen LogP contribution in [0.4, 0.5) is 0 Å². The van der Waals surface area contributed by atoms with Gasteiger partial charge in [0, 0.05) is 6.54 Å². The Morgan fingerprint density at radius 1 is 1.42 bits per heavy atom. The summed E-state index contributed by atoms with van der Waals surface area (Å²) in [7, 11) is 0. The van der Waals surface area contributed by atoms with Crippen LogP contribution >= 0.6 is 0 Å². The number of benzene rings is 1. The Labute approximate surface area is 110 Å². The molecule has 0 spiro atoms. The van der Waals surface area contributed by atoms with Gasteiger partial charge in [0.1, 0.15) is 0 Å². The third-order valence-electron chi connectivity index (χ3n) is 3.84. The molecule has 2 aromatic rings. The van der Waals surface area contributed by atoms with E-state index in [0.29, 0.717) is 11.4 Å². The lowest BCUT2D eigenvalue weighted by atomic mass is 10.1. The number of rotatable bonds is 3. The molecule has 1 aliphatic carbocycles. The fraction of sp³-hybridized carbons (Fsp3) is 0.429. The number of aromatic carboxylic acids is 1. The second kappa shape index (κ2) is 4.66. The van der Waals surface area contributed by atoms with Crippen molar-refractivity contribution in [1.82, 2.24) is 9.55 Å². The Kier molecular flexibility index (Phi) is 2.98. The van der Waals surface area contributed by atoms with Crippen molar-refractivity contribution in [1.29, 1.82) is 0 Å². The van der Waals surface area contributed by atoms with Gasteiger partial charge in [-0.15, -0.1) is 0 Å². The van der Waals surface area contributed by atoms with Crippen LogP contribution in [0.15, 0.2) is 24.5 Å². The van der Waals surface area contributed by atoms with Crippen LogP contribution in [0, 0.1) is 5.92 Å². The maximum absolute atomic E-state index is 10.9. The van der Waals surface area contributed by atoms with Gasteiger partial charge in [-0.2, -0.15) is 0 Å². The lowest BCUT2D eigenvalue weighted by Gasteiger charge is -2.11. The van der Waals surface area contributed by atoms with E-state index in [1.54, 1.807) is 24.5 Å². The van der Waals surface area contributed by atoms with E-state index in [1.807, 2.05) is 4.57 Å². The molecule has 1 aliphatic rings. The number of nitrogens with zero attached hydrogens (tertiary/aromatic N) is 2. The molecule has 0 radical (unpaired) electrons. The topological polar surface area (TPSA) is 75.3 Å². The van der Waals surface area contributed by atoms with Gasteiger partial charge in [-0.1, -0.05) is 0 Å². The second-order valence-electron chi connectivity index (χ2n) is 5.24. The van der Waals surface area contributed by atoms with Crippen molar-refractivity contribution in [2.45, 2.75) is 31.9 Å². The molecule has 2 unspecified atom stereocenters. The second-order valence-corrected chi connectivity index (χ2v) is 5.24.